The predicted molar refractivity (Wildman–Crippen MR) is 61.8 cm³/mol. The number of hydrogen-bond acceptors (Lipinski definition) is 2. The van der Waals surface area contributed by atoms with Crippen LogP contribution in [0.15, 0.2) is 36.4 Å². The first-order valence-corrected chi connectivity index (χ1v) is 5.34. The minimum Gasteiger partial charge on any atom is -0.508 e. The first-order valence-electron chi connectivity index (χ1n) is 5.34. The van der Waals surface area contributed by atoms with E-state index in [1.54, 1.807) is 12.1 Å². The van der Waals surface area contributed by atoms with Crippen molar-refractivity contribution in [3.63, 3.8) is 0 Å². The molecule has 2 heteroatoms. The van der Waals surface area contributed by atoms with Crippen LogP contribution in [0.4, 0.5) is 0 Å². The fraction of sp³-hybridized carbons (Fsp3) is 0.143. The second-order valence-corrected chi connectivity index (χ2v) is 4.26. The summed E-state index contributed by atoms with van der Waals surface area (Å²) >= 11 is 0. The summed E-state index contributed by atoms with van der Waals surface area (Å²) < 4.78 is 0. The summed E-state index contributed by atoms with van der Waals surface area (Å²) in [5.41, 5.74) is 4.82. The van der Waals surface area contributed by atoms with Crippen molar-refractivity contribution in [1.29, 1.82) is 0 Å². The van der Waals surface area contributed by atoms with Gasteiger partial charge in [0, 0.05) is 0 Å². The molecule has 0 atom stereocenters. The third kappa shape index (κ3) is 1.43. The maximum atomic E-state index is 9.44. The van der Waals surface area contributed by atoms with Gasteiger partial charge in [0.2, 0.25) is 0 Å². The molecule has 16 heavy (non-hydrogen) atoms. The van der Waals surface area contributed by atoms with Crippen LogP contribution >= 0.6 is 0 Å². The Morgan fingerprint density at radius 2 is 1.06 bits per heavy atom. The molecular formula is C14H12O2. The Hall–Kier alpha value is -1.96. The van der Waals surface area contributed by atoms with Crippen LogP contribution in [0.2, 0.25) is 0 Å². The molecule has 0 unspecified atom stereocenters. The molecular weight excluding hydrogens is 200 g/mol. The molecule has 2 N–H and O–H groups in total. The zero-order chi connectivity index (χ0) is 11.1. The van der Waals surface area contributed by atoms with E-state index >= 15 is 0 Å². The molecule has 0 aromatic heterocycles. The fourth-order valence-corrected chi connectivity index (χ4v) is 2.31. The van der Waals surface area contributed by atoms with Gasteiger partial charge in [-0.1, -0.05) is 12.1 Å². The van der Waals surface area contributed by atoms with Crippen LogP contribution in [0.3, 0.4) is 0 Å². The summed E-state index contributed by atoms with van der Waals surface area (Å²) in [5.74, 6) is 0.615. The smallest absolute Gasteiger partial charge is 0.115 e. The Morgan fingerprint density at radius 1 is 0.625 bits per heavy atom. The van der Waals surface area contributed by atoms with E-state index in [1.807, 2.05) is 24.3 Å². The summed E-state index contributed by atoms with van der Waals surface area (Å²) in [4.78, 5) is 0. The van der Waals surface area contributed by atoms with Crippen molar-refractivity contribution < 1.29 is 10.2 Å². The Balaban J connectivity index is 2.10. The quantitative estimate of drug-likeness (QED) is 0.601. The van der Waals surface area contributed by atoms with Gasteiger partial charge in [-0.25, -0.2) is 0 Å². The summed E-state index contributed by atoms with van der Waals surface area (Å²) in [6.07, 6.45) is 1.67. The van der Waals surface area contributed by atoms with Crippen molar-refractivity contribution in [3.05, 3.63) is 58.7 Å². The summed E-state index contributed by atoms with van der Waals surface area (Å²) in [6.45, 7) is 0. The average Bonchev–Trinajstić information content (AvgIpc) is 2.26. The molecule has 0 spiro atoms. The van der Waals surface area contributed by atoms with Crippen LogP contribution in [0.1, 0.15) is 22.3 Å². The van der Waals surface area contributed by atoms with Gasteiger partial charge in [-0.3, -0.25) is 0 Å². The highest BCUT2D eigenvalue weighted by atomic mass is 16.3. The molecule has 0 amide bonds. The van der Waals surface area contributed by atoms with E-state index in [0.29, 0.717) is 11.5 Å². The van der Waals surface area contributed by atoms with Crippen LogP contribution in [0, 0.1) is 0 Å². The van der Waals surface area contributed by atoms with Gasteiger partial charge in [-0.2, -0.15) is 0 Å². The number of phenolic OH excluding ortho intramolecular Hbond substituents is 2. The molecule has 0 fully saturated rings. The van der Waals surface area contributed by atoms with E-state index in [1.165, 1.54) is 11.1 Å². The van der Waals surface area contributed by atoms with Gasteiger partial charge in [-0.05, 0) is 59.4 Å². The first-order chi connectivity index (χ1) is 7.72. The number of rotatable bonds is 0. The average molecular weight is 212 g/mol. The van der Waals surface area contributed by atoms with Crippen LogP contribution in [0.5, 0.6) is 11.5 Å². The SMILES string of the molecule is Oc1ccc2c(c1)Cc1cc(O)ccc1C2. The van der Waals surface area contributed by atoms with Crippen LogP contribution in [0.25, 0.3) is 0 Å². The molecule has 0 saturated carbocycles. The Morgan fingerprint density at radius 3 is 1.56 bits per heavy atom. The molecule has 1 aliphatic rings. The van der Waals surface area contributed by atoms with Crippen molar-refractivity contribution in [3.8, 4) is 11.5 Å². The van der Waals surface area contributed by atoms with Gasteiger partial charge < -0.3 is 10.2 Å². The molecule has 0 radical (unpaired) electrons. The highest BCUT2D eigenvalue weighted by Gasteiger charge is 2.15. The van der Waals surface area contributed by atoms with E-state index in [9.17, 15) is 10.2 Å². The highest BCUT2D eigenvalue weighted by Crippen LogP contribution is 2.30. The largest absolute Gasteiger partial charge is 0.508 e. The number of phenols is 2. The van der Waals surface area contributed by atoms with E-state index in [4.69, 9.17) is 0 Å². The zero-order valence-electron chi connectivity index (χ0n) is 8.77. The Kier molecular flexibility index (Phi) is 1.90. The maximum absolute atomic E-state index is 9.44. The highest BCUT2D eigenvalue weighted by molar-refractivity contribution is 5.49. The van der Waals surface area contributed by atoms with Crippen LogP contribution in [-0.4, -0.2) is 10.2 Å². The number of hydrogen-bond donors (Lipinski definition) is 2. The Labute approximate surface area is 93.8 Å². The third-order valence-electron chi connectivity index (χ3n) is 3.14. The van der Waals surface area contributed by atoms with Gasteiger partial charge in [0.05, 0.1) is 0 Å². The van der Waals surface area contributed by atoms with Crippen LogP contribution in [-0.2, 0) is 12.8 Å². The summed E-state index contributed by atoms with van der Waals surface area (Å²) in [5, 5.41) is 18.9. The maximum Gasteiger partial charge on any atom is 0.115 e. The monoisotopic (exact) mass is 212 g/mol. The number of fused-ring (bicyclic) bond motifs is 2. The lowest BCUT2D eigenvalue weighted by molar-refractivity contribution is 0.473. The van der Waals surface area contributed by atoms with Crippen molar-refractivity contribution in [1.82, 2.24) is 0 Å². The molecule has 2 nitrogen and oxygen atoms in total. The van der Waals surface area contributed by atoms with Crippen molar-refractivity contribution in [2.24, 2.45) is 0 Å². The fourth-order valence-electron chi connectivity index (χ4n) is 2.31. The molecule has 0 saturated heterocycles. The lowest BCUT2D eigenvalue weighted by atomic mass is 9.86. The van der Waals surface area contributed by atoms with Crippen LogP contribution < -0.4 is 0 Å². The molecule has 0 aliphatic heterocycles. The molecule has 0 bridgehead atoms. The van der Waals surface area contributed by atoms with Crippen molar-refractivity contribution in [2.45, 2.75) is 12.8 Å². The molecule has 3 rings (SSSR count). The second kappa shape index (κ2) is 3.27. The second-order valence-electron chi connectivity index (χ2n) is 4.26. The minimum atomic E-state index is 0.308. The van der Waals surface area contributed by atoms with Crippen molar-refractivity contribution in [2.75, 3.05) is 0 Å². The zero-order valence-corrected chi connectivity index (χ0v) is 8.77. The Bertz CT molecular complexity index is 509. The number of benzene rings is 2. The van der Waals surface area contributed by atoms with E-state index < -0.39 is 0 Å². The summed E-state index contributed by atoms with van der Waals surface area (Å²) in [7, 11) is 0. The van der Waals surface area contributed by atoms with E-state index in [2.05, 4.69) is 0 Å². The lowest BCUT2D eigenvalue weighted by Gasteiger charge is -2.19. The molecule has 0 heterocycles. The van der Waals surface area contributed by atoms with Gasteiger partial charge in [0.15, 0.2) is 0 Å². The standard InChI is InChI=1S/C14H12O2/c15-13-3-1-9-5-10-2-4-14(16)8-12(10)6-11(9)7-13/h1-4,7-8,15-16H,5-6H2. The first kappa shape index (κ1) is 9.28. The predicted octanol–water partition coefficient (Wildman–Crippen LogP) is 2.59. The van der Waals surface area contributed by atoms with Gasteiger partial charge in [-0.15, -0.1) is 0 Å². The molecule has 1 aliphatic carbocycles. The lowest BCUT2D eigenvalue weighted by Crippen LogP contribution is -2.06. The molecule has 2 aromatic carbocycles. The molecule has 80 valence electrons. The topological polar surface area (TPSA) is 40.5 Å². The van der Waals surface area contributed by atoms with Gasteiger partial charge in [0.1, 0.15) is 11.5 Å². The van der Waals surface area contributed by atoms with E-state index in [0.717, 1.165) is 24.0 Å². The number of aromatic hydroxyl groups is 2. The van der Waals surface area contributed by atoms with Crippen molar-refractivity contribution >= 4 is 0 Å². The van der Waals surface area contributed by atoms with Gasteiger partial charge in [0.25, 0.3) is 0 Å². The third-order valence-corrected chi connectivity index (χ3v) is 3.14. The minimum absolute atomic E-state index is 0.308. The molecule has 2 aromatic rings. The normalized spacial score (nSPS) is 13.0. The van der Waals surface area contributed by atoms with Gasteiger partial charge >= 0.3 is 0 Å². The summed E-state index contributed by atoms with van der Waals surface area (Å²) in [6, 6.07) is 11.0. The van der Waals surface area contributed by atoms with E-state index in [-0.39, 0.29) is 0 Å².